The molecule has 122 valence electrons. The monoisotopic (exact) mass is 372 g/mol. The summed E-state index contributed by atoms with van der Waals surface area (Å²) in [6, 6.07) is 12.6. The summed E-state index contributed by atoms with van der Waals surface area (Å²) in [6.07, 6.45) is -0.601. The van der Waals surface area contributed by atoms with Crippen LogP contribution in [0.1, 0.15) is 12.5 Å². The number of amides is 1. The number of benzene rings is 2. The Hall–Kier alpha value is -1.62. The molecule has 0 fully saturated rings. The summed E-state index contributed by atoms with van der Waals surface area (Å²) in [7, 11) is 0. The van der Waals surface area contributed by atoms with E-state index in [-0.39, 0.29) is 6.61 Å². The maximum absolute atomic E-state index is 11.5. The number of rotatable bonds is 5. The third kappa shape index (κ3) is 4.93. The molecule has 0 atom stereocenters. The largest absolute Gasteiger partial charge is 0.449 e. The van der Waals surface area contributed by atoms with Crippen molar-refractivity contribution in [1.29, 1.82) is 0 Å². The number of anilines is 2. The van der Waals surface area contributed by atoms with Crippen LogP contribution in [0.5, 0.6) is 0 Å². The fourth-order valence-corrected chi connectivity index (χ4v) is 2.30. The van der Waals surface area contributed by atoms with Gasteiger partial charge in [-0.25, -0.2) is 4.79 Å². The van der Waals surface area contributed by atoms with E-state index in [4.69, 9.17) is 39.7 Å². The van der Waals surface area contributed by atoms with Gasteiger partial charge in [0.25, 0.3) is 0 Å². The average molecular weight is 374 g/mol. The summed E-state index contributed by atoms with van der Waals surface area (Å²) in [4.78, 5) is 11.5. The standard InChI is InChI=1S/C16H15Cl3N2O2/c1-2-23-16(22)21(19)13-6-3-11(4-7-13)10-20-12-5-8-14(17)15(18)9-12/h3-9,20H,2,10H2,1H3. The topological polar surface area (TPSA) is 41.6 Å². The minimum atomic E-state index is -0.601. The van der Waals surface area contributed by atoms with E-state index in [2.05, 4.69) is 5.32 Å². The van der Waals surface area contributed by atoms with Crippen LogP contribution in [0.2, 0.25) is 10.0 Å². The molecule has 4 nitrogen and oxygen atoms in total. The molecule has 0 radical (unpaired) electrons. The van der Waals surface area contributed by atoms with Crippen molar-refractivity contribution in [3.63, 3.8) is 0 Å². The fraction of sp³-hybridized carbons (Fsp3) is 0.188. The fourth-order valence-electron chi connectivity index (χ4n) is 1.84. The van der Waals surface area contributed by atoms with E-state index >= 15 is 0 Å². The highest BCUT2D eigenvalue weighted by Gasteiger charge is 2.13. The summed E-state index contributed by atoms with van der Waals surface area (Å²) in [5.41, 5.74) is 2.44. The van der Waals surface area contributed by atoms with Crippen LogP contribution < -0.4 is 9.74 Å². The van der Waals surface area contributed by atoms with Crippen molar-refractivity contribution in [2.45, 2.75) is 13.5 Å². The SMILES string of the molecule is CCOC(=O)N(Cl)c1ccc(CNc2ccc(Cl)c(Cl)c2)cc1. The smallest absolute Gasteiger partial charge is 0.429 e. The molecule has 0 spiro atoms. The molecule has 0 heterocycles. The predicted molar refractivity (Wildman–Crippen MR) is 95.6 cm³/mol. The summed E-state index contributed by atoms with van der Waals surface area (Å²) in [5.74, 6) is 0. The molecule has 2 rings (SSSR count). The highest BCUT2D eigenvalue weighted by molar-refractivity contribution is 6.42. The molecule has 0 saturated heterocycles. The summed E-state index contributed by atoms with van der Waals surface area (Å²) in [5, 5.41) is 4.26. The van der Waals surface area contributed by atoms with E-state index in [0.717, 1.165) is 15.7 Å². The molecule has 23 heavy (non-hydrogen) atoms. The number of hydrogen-bond donors (Lipinski definition) is 1. The van der Waals surface area contributed by atoms with E-state index in [1.807, 2.05) is 18.2 Å². The maximum Gasteiger partial charge on any atom is 0.429 e. The average Bonchev–Trinajstić information content (AvgIpc) is 2.56. The molecule has 1 N–H and O–H groups in total. The highest BCUT2D eigenvalue weighted by Crippen LogP contribution is 2.25. The van der Waals surface area contributed by atoms with Crippen LogP contribution in [0.25, 0.3) is 0 Å². The van der Waals surface area contributed by atoms with Gasteiger partial charge in [-0.2, -0.15) is 4.42 Å². The number of halogens is 3. The summed E-state index contributed by atoms with van der Waals surface area (Å²) >= 11 is 17.8. The van der Waals surface area contributed by atoms with E-state index in [1.165, 1.54) is 0 Å². The lowest BCUT2D eigenvalue weighted by molar-refractivity contribution is 0.164. The van der Waals surface area contributed by atoms with Crippen LogP contribution in [0, 0.1) is 0 Å². The van der Waals surface area contributed by atoms with Crippen LogP contribution >= 0.6 is 35.0 Å². The lowest BCUT2D eigenvalue weighted by Crippen LogP contribution is -2.21. The molecule has 0 unspecified atom stereocenters. The molecule has 2 aromatic carbocycles. The Morgan fingerprint density at radius 3 is 2.43 bits per heavy atom. The number of hydrogen-bond acceptors (Lipinski definition) is 3. The first-order valence-corrected chi connectivity index (χ1v) is 8.01. The second kappa shape index (κ2) is 8.29. The second-order valence-electron chi connectivity index (χ2n) is 4.63. The zero-order valence-electron chi connectivity index (χ0n) is 12.4. The Labute approximate surface area is 150 Å². The van der Waals surface area contributed by atoms with Crippen molar-refractivity contribution < 1.29 is 9.53 Å². The zero-order valence-corrected chi connectivity index (χ0v) is 14.6. The molecule has 0 aliphatic heterocycles. The predicted octanol–water partition coefficient (Wildman–Crippen LogP) is 5.72. The Balaban J connectivity index is 1.97. The van der Waals surface area contributed by atoms with Crippen LogP contribution in [0.15, 0.2) is 42.5 Å². The van der Waals surface area contributed by atoms with Gasteiger partial charge in [0, 0.05) is 24.0 Å². The first-order valence-electron chi connectivity index (χ1n) is 6.91. The first kappa shape index (κ1) is 17.7. The Morgan fingerprint density at radius 2 is 1.83 bits per heavy atom. The molecule has 0 aliphatic carbocycles. The first-order chi connectivity index (χ1) is 11.0. The summed E-state index contributed by atoms with van der Waals surface area (Å²) < 4.78 is 5.78. The Bertz CT molecular complexity index is 678. The number of carbonyl (C=O) groups is 1. The number of carbonyl (C=O) groups excluding carboxylic acids is 1. The number of nitrogens with one attached hydrogen (secondary N) is 1. The van der Waals surface area contributed by atoms with Gasteiger partial charge >= 0.3 is 6.09 Å². The van der Waals surface area contributed by atoms with Crippen molar-refractivity contribution in [3.05, 3.63) is 58.1 Å². The summed E-state index contributed by atoms with van der Waals surface area (Å²) in [6.45, 7) is 2.59. The normalized spacial score (nSPS) is 10.3. The second-order valence-corrected chi connectivity index (χ2v) is 5.78. The van der Waals surface area contributed by atoms with E-state index in [9.17, 15) is 4.79 Å². The van der Waals surface area contributed by atoms with Crippen molar-refractivity contribution in [2.24, 2.45) is 0 Å². The highest BCUT2D eigenvalue weighted by atomic mass is 35.5. The molecular formula is C16H15Cl3N2O2. The van der Waals surface area contributed by atoms with Gasteiger partial charge in [0.2, 0.25) is 0 Å². The lowest BCUT2D eigenvalue weighted by atomic mass is 10.2. The lowest BCUT2D eigenvalue weighted by Gasteiger charge is -2.14. The van der Waals surface area contributed by atoms with Crippen LogP contribution in [0.4, 0.5) is 16.2 Å². The Morgan fingerprint density at radius 1 is 1.13 bits per heavy atom. The van der Waals surface area contributed by atoms with E-state index < -0.39 is 6.09 Å². The zero-order chi connectivity index (χ0) is 16.8. The van der Waals surface area contributed by atoms with Crippen molar-refractivity contribution in [3.8, 4) is 0 Å². The van der Waals surface area contributed by atoms with Gasteiger partial charge in [0.15, 0.2) is 0 Å². The van der Waals surface area contributed by atoms with Gasteiger partial charge in [0.1, 0.15) is 0 Å². The molecule has 7 heteroatoms. The third-order valence-corrected chi connectivity index (χ3v) is 4.08. The minimum absolute atomic E-state index is 0.272. The number of ether oxygens (including phenoxy) is 1. The van der Waals surface area contributed by atoms with Gasteiger partial charge < -0.3 is 10.1 Å². The van der Waals surface area contributed by atoms with E-state index in [1.54, 1.807) is 31.2 Å². The van der Waals surface area contributed by atoms with Crippen LogP contribution in [-0.4, -0.2) is 12.7 Å². The van der Waals surface area contributed by atoms with Crippen LogP contribution in [-0.2, 0) is 11.3 Å². The van der Waals surface area contributed by atoms with Gasteiger partial charge in [-0.05, 0) is 42.8 Å². The molecular weight excluding hydrogens is 359 g/mol. The van der Waals surface area contributed by atoms with Gasteiger partial charge in [-0.15, -0.1) is 0 Å². The number of nitrogens with zero attached hydrogens (tertiary/aromatic N) is 1. The van der Waals surface area contributed by atoms with Crippen LogP contribution in [0.3, 0.4) is 0 Å². The van der Waals surface area contributed by atoms with E-state index in [0.29, 0.717) is 22.3 Å². The van der Waals surface area contributed by atoms with Gasteiger partial charge in [-0.1, -0.05) is 35.3 Å². The third-order valence-electron chi connectivity index (χ3n) is 3.01. The maximum atomic E-state index is 11.5. The molecule has 2 aromatic rings. The van der Waals surface area contributed by atoms with Gasteiger partial charge in [-0.3, -0.25) is 0 Å². The quantitative estimate of drug-likeness (QED) is 0.681. The Kier molecular flexibility index (Phi) is 6.39. The molecule has 0 aliphatic rings. The van der Waals surface area contributed by atoms with Crippen molar-refractivity contribution in [1.82, 2.24) is 0 Å². The van der Waals surface area contributed by atoms with Crippen molar-refractivity contribution in [2.75, 3.05) is 16.3 Å². The molecule has 0 saturated carbocycles. The van der Waals surface area contributed by atoms with Crippen molar-refractivity contribution >= 4 is 52.4 Å². The minimum Gasteiger partial charge on any atom is -0.449 e. The molecule has 1 amide bonds. The molecule has 0 bridgehead atoms. The molecule has 0 aromatic heterocycles. The van der Waals surface area contributed by atoms with Gasteiger partial charge in [0.05, 0.1) is 22.3 Å².